The summed E-state index contributed by atoms with van der Waals surface area (Å²) in [5.74, 6) is 0.228. The van der Waals surface area contributed by atoms with E-state index in [1.54, 1.807) is 0 Å². The zero-order chi connectivity index (χ0) is 26.7. The quantitative estimate of drug-likeness (QED) is 0.199. The van der Waals surface area contributed by atoms with Crippen LogP contribution in [0, 0.1) is 0 Å². The molecule has 1 fully saturated rings. The van der Waals surface area contributed by atoms with Crippen LogP contribution in [0.3, 0.4) is 0 Å². The Morgan fingerprint density at radius 1 is 0.641 bits per heavy atom. The van der Waals surface area contributed by atoms with Crippen LogP contribution < -0.4 is 0 Å². The molecule has 1 unspecified atom stereocenters. The molecule has 39 heavy (non-hydrogen) atoms. The van der Waals surface area contributed by atoms with Gasteiger partial charge in [0, 0.05) is 19.5 Å². The van der Waals surface area contributed by atoms with Crippen molar-refractivity contribution in [3.8, 4) is 0 Å². The van der Waals surface area contributed by atoms with Crippen molar-refractivity contribution in [2.75, 3.05) is 6.54 Å². The second-order valence-corrected chi connectivity index (χ2v) is 10.3. The molecular weight excluding hydrogens is 482 g/mol. The topological polar surface area (TPSA) is 38.8 Å². The Bertz CT molecular complexity index is 1260. The molecule has 0 aliphatic carbocycles. The summed E-state index contributed by atoms with van der Waals surface area (Å²) >= 11 is 0. The molecule has 0 bridgehead atoms. The van der Waals surface area contributed by atoms with E-state index in [-0.39, 0.29) is 24.0 Å². The Morgan fingerprint density at radius 2 is 1.13 bits per heavy atom. The van der Waals surface area contributed by atoms with Crippen LogP contribution in [0.2, 0.25) is 0 Å². The highest BCUT2D eigenvalue weighted by atomic mass is 16.5. The lowest BCUT2D eigenvalue weighted by molar-refractivity contribution is -0.131. The minimum absolute atomic E-state index is 0.208. The van der Waals surface area contributed by atoms with E-state index < -0.39 is 0 Å². The lowest BCUT2D eigenvalue weighted by Crippen LogP contribution is -2.44. The van der Waals surface area contributed by atoms with Gasteiger partial charge in [0.05, 0.1) is 25.4 Å². The van der Waals surface area contributed by atoms with Gasteiger partial charge >= 0.3 is 0 Å². The van der Waals surface area contributed by atoms with E-state index in [2.05, 4.69) is 77.7 Å². The van der Waals surface area contributed by atoms with Gasteiger partial charge in [-0.25, -0.2) is 0 Å². The average Bonchev–Trinajstić information content (AvgIpc) is 3.33. The molecule has 4 aromatic carbocycles. The third kappa shape index (κ3) is 7.73. The smallest absolute Gasteiger partial charge is 0.152 e. The van der Waals surface area contributed by atoms with E-state index in [4.69, 9.17) is 9.47 Å². The molecule has 3 atom stereocenters. The van der Waals surface area contributed by atoms with Gasteiger partial charge in [-0.1, -0.05) is 121 Å². The Labute approximate surface area is 232 Å². The van der Waals surface area contributed by atoms with Crippen LogP contribution in [0.25, 0.3) is 0 Å². The fourth-order valence-electron chi connectivity index (χ4n) is 5.38. The normalized spacial score (nSPS) is 19.2. The average molecular weight is 520 g/mol. The summed E-state index contributed by atoms with van der Waals surface area (Å²) in [6.07, 6.45) is 1.67. The molecule has 0 spiro atoms. The fraction of sp³-hybridized carbons (Fsp3) is 0.286. The van der Waals surface area contributed by atoms with Gasteiger partial charge in [0.2, 0.25) is 0 Å². The number of rotatable bonds is 13. The number of nitrogens with zero attached hydrogens (tertiary/aromatic N) is 1. The third-order valence-electron chi connectivity index (χ3n) is 7.37. The van der Waals surface area contributed by atoms with Gasteiger partial charge in [-0.2, -0.15) is 0 Å². The Hall–Kier alpha value is -3.57. The molecule has 1 heterocycles. The first-order chi connectivity index (χ1) is 19.3. The van der Waals surface area contributed by atoms with Crippen LogP contribution in [-0.4, -0.2) is 35.5 Å². The molecule has 0 radical (unpaired) electrons. The number of Topliss-reactive ketones (excluding diaryl/α,β-unsaturated/α-hetero) is 1. The van der Waals surface area contributed by atoms with Crippen LogP contribution in [0.1, 0.15) is 35.1 Å². The monoisotopic (exact) mass is 519 g/mol. The molecule has 1 aliphatic heterocycles. The number of ketones is 1. The molecule has 0 aromatic heterocycles. The predicted octanol–water partition coefficient (Wildman–Crippen LogP) is 6.63. The summed E-state index contributed by atoms with van der Waals surface area (Å²) < 4.78 is 13.1. The first-order valence-corrected chi connectivity index (χ1v) is 13.9. The van der Waals surface area contributed by atoms with Crippen molar-refractivity contribution >= 4 is 5.78 Å². The van der Waals surface area contributed by atoms with Gasteiger partial charge < -0.3 is 9.47 Å². The lowest BCUT2D eigenvalue weighted by Gasteiger charge is -2.28. The Balaban J connectivity index is 1.35. The van der Waals surface area contributed by atoms with Crippen molar-refractivity contribution in [3.05, 3.63) is 144 Å². The van der Waals surface area contributed by atoms with E-state index in [0.717, 1.165) is 24.0 Å². The van der Waals surface area contributed by atoms with E-state index in [1.165, 1.54) is 11.1 Å². The van der Waals surface area contributed by atoms with Gasteiger partial charge in [0.1, 0.15) is 6.10 Å². The van der Waals surface area contributed by atoms with Gasteiger partial charge in [-0.3, -0.25) is 9.69 Å². The van der Waals surface area contributed by atoms with Gasteiger partial charge in [0.25, 0.3) is 0 Å². The summed E-state index contributed by atoms with van der Waals surface area (Å²) in [5.41, 5.74) is 4.66. The fourth-order valence-corrected chi connectivity index (χ4v) is 5.38. The molecular formula is C35H37NO3. The molecule has 1 aliphatic rings. The molecule has 1 saturated heterocycles. The number of benzene rings is 4. The van der Waals surface area contributed by atoms with E-state index in [0.29, 0.717) is 32.7 Å². The SMILES string of the molecule is O=C(CCCc1ccccc1)C1[C@@H](OCc2ccccc2)[C@H](OCc2ccccc2)CN1Cc1ccccc1. The van der Waals surface area contributed by atoms with Gasteiger partial charge in [-0.05, 0) is 35.1 Å². The molecule has 200 valence electrons. The molecule has 4 nitrogen and oxygen atoms in total. The standard InChI is InChI=1S/C35H37NO3/c37-32(23-13-22-28-14-5-1-6-15-28)34-35(39-27-31-20-11-4-12-21-31)33(38-26-30-18-9-3-10-19-30)25-36(34)24-29-16-7-2-8-17-29/h1-12,14-21,33-35H,13,22-27H2/t33-,34?,35+/m1/s1. The molecule has 0 saturated carbocycles. The molecule has 0 amide bonds. The van der Waals surface area contributed by atoms with Gasteiger partial charge in [-0.15, -0.1) is 0 Å². The van der Waals surface area contributed by atoms with E-state index >= 15 is 0 Å². The second kappa shape index (κ2) is 14.0. The maximum Gasteiger partial charge on any atom is 0.152 e. The number of ether oxygens (including phenoxy) is 2. The van der Waals surface area contributed by atoms with Crippen molar-refractivity contribution in [3.63, 3.8) is 0 Å². The van der Waals surface area contributed by atoms with Crippen LogP contribution >= 0.6 is 0 Å². The number of hydrogen-bond donors (Lipinski definition) is 0. The first kappa shape index (κ1) is 27.0. The zero-order valence-corrected chi connectivity index (χ0v) is 22.4. The third-order valence-corrected chi connectivity index (χ3v) is 7.37. The number of aryl methyl sites for hydroxylation is 1. The summed E-state index contributed by atoms with van der Waals surface area (Å²) in [6.45, 7) is 2.27. The number of likely N-dealkylation sites (tertiary alicyclic amines) is 1. The summed E-state index contributed by atoms with van der Waals surface area (Å²) in [5, 5.41) is 0. The minimum Gasteiger partial charge on any atom is -0.369 e. The highest BCUT2D eigenvalue weighted by Crippen LogP contribution is 2.29. The maximum atomic E-state index is 13.9. The number of carbonyl (C=O) groups is 1. The van der Waals surface area contributed by atoms with Crippen molar-refractivity contribution in [2.24, 2.45) is 0 Å². The van der Waals surface area contributed by atoms with Crippen molar-refractivity contribution in [1.82, 2.24) is 4.90 Å². The summed E-state index contributed by atoms with van der Waals surface area (Å²) in [7, 11) is 0. The van der Waals surface area contributed by atoms with E-state index in [9.17, 15) is 4.79 Å². The van der Waals surface area contributed by atoms with Crippen molar-refractivity contribution < 1.29 is 14.3 Å². The second-order valence-electron chi connectivity index (χ2n) is 10.3. The Kier molecular flexibility index (Phi) is 9.70. The number of hydrogen-bond acceptors (Lipinski definition) is 4. The van der Waals surface area contributed by atoms with Crippen LogP contribution in [0.15, 0.2) is 121 Å². The first-order valence-electron chi connectivity index (χ1n) is 13.9. The predicted molar refractivity (Wildman–Crippen MR) is 155 cm³/mol. The largest absolute Gasteiger partial charge is 0.369 e. The van der Waals surface area contributed by atoms with Crippen LogP contribution in [-0.2, 0) is 40.4 Å². The van der Waals surface area contributed by atoms with Crippen LogP contribution in [0.4, 0.5) is 0 Å². The summed E-state index contributed by atoms with van der Waals surface area (Å²) in [6, 6.07) is 40.8. The molecule has 4 aromatic rings. The number of carbonyl (C=O) groups excluding carboxylic acids is 1. The zero-order valence-electron chi connectivity index (χ0n) is 22.4. The van der Waals surface area contributed by atoms with Gasteiger partial charge in [0.15, 0.2) is 5.78 Å². The van der Waals surface area contributed by atoms with E-state index in [1.807, 2.05) is 48.5 Å². The summed E-state index contributed by atoms with van der Waals surface area (Å²) in [4.78, 5) is 16.2. The van der Waals surface area contributed by atoms with Crippen molar-refractivity contribution in [1.29, 1.82) is 0 Å². The highest BCUT2D eigenvalue weighted by Gasteiger charge is 2.46. The molecule has 5 rings (SSSR count). The van der Waals surface area contributed by atoms with Crippen LogP contribution in [0.5, 0.6) is 0 Å². The maximum absolute atomic E-state index is 13.9. The Morgan fingerprint density at radius 3 is 1.69 bits per heavy atom. The lowest BCUT2D eigenvalue weighted by atomic mass is 9.99. The molecule has 0 N–H and O–H groups in total. The van der Waals surface area contributed by atoms with Crippen molar-refractivity contribution in [2.45, 2.75) is 57.3 Å². The minimum atomic E-state index is -0.356. The highest BCUT2D eigenvalue weighted by molar-refractivity contribution is 5.85. The molecule has 4 heteroatoms.